The Balaban J connectivity index is 1.66. The highest BCUT2D eigenvalue weighted by atomic mass is 32.1. The molecule has 0 aliphatic heterocycles. The van der Waals surface area contributed by atoms with Crippen LogP contribution in [-0.4, -0.2) is 39.6 Å². The van der Waals surface area contributed by atoms with Crippen molar-refractivity contribution in [1.29, 1.82) is 0 Å². The van der Waals surface area contributed by atoms with Crippen molar-refractivity contribution in [2.45, 2.75) is 33.4 Å². The number of aromatic nitrogens is 4. The molecule has 0 amide bonds. The molecule has 0 fully saturated rings. The highest BCUT2D eigenvalue weighted by Crippen LogP contribution is 2.21. The second-order valence-electron chi connectivity index (χ2n) is 4.48. The lowest BCUT2D eigenvalue weighted by Gasteiger charge is -2.16. The molecule has 2 rings (SSSR count). The van der Waals surface area contributed by atoms with Crippen LogP contribution < -0.4 is 10.2 Å². The SMILES string of the molecule is CCN(CC)c1ncc(CNCCCn2ccnn2)s1. The molecule has 0 aromatic carbocycles. The summed E-state index contributed by atoms with van der Waals surface area (Å²) in [5, 5.41) is 12.3. The van der Waals surface area contributed by atoms with Gasteiger partial charge in [-0.2, -0.15) is 0 Å². The molecular weight excluding hydrogens is 272 g/mol. The van der Waals surface area contributed by atoms with Crippen LogP contribution in [0.15, 0.2) is 18.6 Å². The van der Waals surface area contributed by atoms with Crippen LogP contribution in [0.3, 0.4) is 0 Å². The Morgan fingerprint density at radius 3 is 2.90 bits per heavy atom. The van der Waals surface area contributed by atoms with Gasteiger partial charge in [0, 0.05) is 43.4 Å². The maximum absolute atomic E-state index is 4.48. The van der Waals surface area contributed by atoms with E-state index in [1.54, 1.807) is 17.5 Å². The third kappa shape index (κ3) is 4.28. The van der Waals surface area contributed by atoms with Crippen LogP contribution >= 0.6 is 11.3 Å². The zero-order valence-electron chi connectivity index (χ0n) is 12.1. The molecule has 0 saturated carbocycles. The van der Waals surface area contributed by atoms with Gasteiger partial charge in [-0.25, -0.2) is 4.98 Å². The molecule has 1 N–H and O–H groups in total. The maximum atomic E-state index is 4.48. The normalized spacial score (nSPS) is 10.9. The van der Waals surface area contributed by atoms with Crippen LogP contribution in [0.2, 0.25) is 0 Å². The summed E-state index contributed by atoms with van der Waals surface area (Å²) in [6.07, 6.45) is 6.62. The molecule has 2 heterocycles. The van der Waals surface area contributed by atoms with Gasteiger partial charge in [0.05, 0.1) is 6.20 Å². The van der Waals surface area contributed by atoms with E-state index in [1.165, 1.54) is 4.88 Å². The summed E-state index contributed by atoms with van der Waals surface area (Å²) in [4.78, 5) is 8.04. The highest BCUT2D eigenvalue weighted by molar-refractivity contribution is 7.15. The van der Waals surface area contributed by atoms with E-state index < -0.39 is 0 Å². The highest BCUT2D eigenvalue weighted by Gasteiger charge is 2.07. The fourth-order valence-electron chi connectivity index (χ4n) is 1.95. The molecule has 110 valence electrons. The van der Waals surface area contributed by atoms with Crippen LogP contribution in [0.25, 0.3) is 0 Å². The number of hydrogen-bond donors (Lipinski definition) is 1. The van der Waals surface area contributed by atoms with Gasteiger partial charge in [0.25, 0.3) is 0 Å². The molecule has 0 radical (unpaired) electrons. The Hall–Kier alpha value is -1.47. The van der Waals surface area contributed by atoms with E-state index in [1.807, 2.05) is 17.1 Å². The van der Waals surface area contributed by atoms with Gasteiger partial charge in [-0.3, -0.25) is 4.68 Å². The van der Waals surface area contributed by atoms with Crippen molar-refractivity contribution < 1.29 is 0 Å². The van der Waals surface area contributed by atoms with Crippen LogP contribution in [0.5, 0.6) is 0 Å². The minimum atomic E-state index is 0.885. The van der Waals surface area contributed by atoms with Crippen molar-refractivity contribution in [3.8, 4) is 0 Å². The average Bonchev–Trinajstić information content (AvgIpc) is 3.12. The third-order valence-electron chi connectivity index (χ3n) is 3.09. The number of rotatable bonds is 9. The van der Waals surface area contributed by atoms with Crippen LogP contribution in [0, 0.1) is 0 Å². The second-order valence-corrected chi connectivity index (χ2v) is 5.57. The van der Waals surface area contributed by atoms with Crippen molar-refractivity contribution in [2.24, 2.45) is 0 Å². The standard InChI is InChI=1S/C13H22N6S/c1-3-18(4-2)13-15-11-12(20-13)10-14-6-5-8-19-9-7-16-17-19/h7,9,11,14H,3-6,8,10H2,1-2H3. The molecule has 0 aliphatic rings. The number of hydrogen-bond acceptors (Lipinski definition) is 6. The van der Waals surface area contributed by atoms with Crippen molar-refractivity contribution in [1.82, 2.24) is 25.3 Å². The first-order valence-electron chi connectivity index (χ1n) is 7.08. The molecule has 2 aromatic rings. The zero-order valence-corrected chi connectivity index (χ0v) is 12.9. The van der Waals surface area contributed by atoms with Crippen LogP contribution in [0.4, 0.5) is 5.13 Å². The number of aryl methyl sites for hydroxylation is 1. The Morgan fingerprint density at radius 2 is 2.20 bits per heavy atom. The van der Waals surface area contributed by atoms with Gasteiger partial charge in [0.1, 0.15) is 0 Å². The van der Waals surface area contributed by atoms with E-state index in [4.69, 9.17) is 0 Å². The number of nitrogens with one attached hydrogen (secondary N) is 1. The lowest BCUT2D eigenvalue weighted by atomic mass is 10.4. The molecule has 0 spiro atoms. The Bertz CT molecular complexity index is 477. The maximum Gasteiger partial charge on any atom is 0.185 e. The zero-order chi connectivity index (χ0) is 14.2. The topological polar surface area (TPSA) is 58.9 Å². The second kappa shape index (κ2) is 7.96. The Labute approximate surface area is 123 Å². The van der Waals surface area contributed by atoms with E-state index in [2.05, 4.69) is 39.4 Å². The first-order valence-corrected chi connectivity index (χ1v) is 7.89. The molecular formula is C13H22N6S. The summed E-state index contributed by atoms with van der Waals surface area (Å²) in [6, 6.07) is 0. The summed E-state index contributed by atoms with van der Waals surface area (Å²) in [5.41, 5.74) is 0. The predicted molar refractivity (Wildman–Crippen MR) is 82.0 cm³/mol. The van der Waals surface area contributed by atoms with E-state index in [9.17, 15) is 0 Å². The summed E-state index contributed by atoms with van der Waals surface area (Å²) in [7, 11) is 0. The fraction of sp³-hybridized carbons (Fsp3) is 0.615. The van der Waals surface area contributed by atoms with Crippen molar-refractivity contribution in [2.75, 3.05) is 24.5 Å². The number of nitrogens with zero attached hydrogens (tertiary/aromatic N) is 5. The molecule has 0 unspecified atom stereocenters. The van der Waals surface area contributed by atoms with Crippen molar-refractivity contribution in [3.63, 3.8) is 0 Å². The van der Waals surface area contributed by atoms with Gasteiger partial charge >= 0.3 is 0 Å². The number of anilines is 1. The van der Waals surface area contributed by atoms with Gasteiger partial charge < -0.3 is 10.2 Å². The average molecular weight is 294 g/mol. The summed E-state index contributed by atoms with van der Waals surface area (Å²) in [5.74, 6) is 0. The minimum absolute atomic E-state index is 0.885. The molecule has 7 heteroatoms. The third-order valence-corrected chi connectivity index (χ3v) is 4.15. The van der Waals surface area contributed by atoms with E-state index in [0.717, 1.165) is 44.3 Å². The Kier molecular flexibility index (Phi) is 5.94. The molecule has 0 atom stereocenters. The largest absolute Gasteiger partial charge is 0.349 e. The minimum Gasteiger partial charge on any atom is -0.349 e. The molecule has 6 nitrogen and oxygen atoms in total. The summed E-state index contributed by atoms with van der Waals surface area (Å²) >= 11 is 1.77. The first kappa shape index (κ1) is 14.9. The summed E-state index contributed by atoms with van der Waals surface area (Å²) in [6.45, 7) is 9.10. The quantitative estimate of drug-likeness (QED) is 0.714. The molecule has 0 bridgehead atoms. The summed E-state index contributed by atoms with van der Waals surface area (Å²) < 4.78 is 1.85. The van der Waals surface area contributed by atoms with Gasteiger partial charge in [0.2, 0.25) is 0 Å². The van der Waals surface area contributed by atoms with Crippen LogP contribution in [-0.2, 0) is 13.1 Å². The molecule has 0 aliphatic carbocycles. The van der Waals surface area contributed by atoms with E-state index in [0.29, 0.717) is 0 Å². The molecule has 20 heavy (non-hydrogen) atoms. The van der Waals surface area contributed by atoms with Gasteiger partial charge in [-0.1, -0.05) is 5.21 Å². The monoisotopic (exact) mass is 294 g/mol. The first-order chi connectivity index (χ1) is 9.83. The lowest BCUT2D eigenvalue weighted by molar-refractivity contribution is 0.531. The van der Waals surface area contributed by atoms with Crippen molar-refractivity contribution >= 4 is 16.5 Å². The van der Waals surface area contributed by atoms with E-state index in [-0.39, 0.29) is 0 Å². The predicted octanol–water partition coefficient (Wildman–Crippen LogP) is 1.76. The van der Waals surface area contributed by atoms with Crippen LogP contribution in [0.1, 0.15) is 25.1 Å². The van der Waals surface area contributed by atoms with Gasteiger partial charge in [-0.05, 0) is 26.8 Å². The molecule has 0 saturated heterocycles. The number of thiazole rings is 1. The van der Waals surface area contributed by atoms with Gasteiger partial charge in [0.15, 0.2) is 5.13 Å². The van der Waals surface area contributed by atoms with Gasteiger partial charge in [-0.15, -0.1) is 16.4 Å². The molecule has 2 aromatic heterocycles. The fourth-order valence-corrected chi connectivity index (χ4v) is 2.96. The van der Waals surface area contributed by atoms with Crippen molar-refractivity contribution in [3.05, 3.63) is 23.5 Å². The smallest absolute Gasteiger partial charge is 0.185 e. The Morgan fingerprint density at radius 1 is 1.35 bits per heavy atom. The van der Waals surface area contributed by atoms with E-state index >= 15 is 0 Å². The lowest BCUT2D eigenvalue weighted by Crippen LogP contribution is -2.21.